The second-order valence-electron chi connectivity index (χ2n) is 17.7. The van der Waals surface area contributed by atoms with Crippen LogP contribution in [0.15, 0.2) is 12.3 Å². The van der Waals surface area contributed by atoms with Gasteiger partial charge in [-0.1, -0.05) is 6.42 Å². The average Bonchev–Trinajstić information content (AvgIpc) is 3.74. The number of rotatable bonds is 10. The minimum atomic E-state index is -4.18. The molecule has 51 heavy (non-hydrogen) atoms. The van der Waals surface area contributed by atoms with E-state index in [1.54, 1.807) is 73.0 Å². The Morgan fingerprint density at radius 2 is 1.49 bits per heavy atom. The van der Waals surface area contributed by atoms with E-state index in [1.165, 1.54) is 19.3 Å². The molecule has 1 saturated carbocycles. The summed E-state index contributed by atoms with van der Waals surface area (Å²) in [6, 6.07) is 4.06. The van der Waals surface area contributed by atoms with Gasteiger partial charge in [0.05, 0.1) is 35.3 Å². The topological polar surface area (TPSA) is 156 Å². The van der Waals surface area contributed by atoms with Crippen LogP contribution in [-0.4, -0.2) is 81.1 Å². The highest BCUT2D eigenvalue weighted by Crippen LogP contribution is 2.67. The molecule has 0 spiro atoms. The Labute approximate surface area is 301 Å². The Hall–Kier alpha value is -1.91. The lowest BCUT2D eigenvalue weighted by molar-refractivity contribution is -0.191. The standard InChI is InChI=1S/C35H55N5O9P2/c1-32(2,3)47-50(41,21-51(42,48-33(4,5)6)49-34(7,8)9)43-20-27-28-29(46-35(10,11)45-28)30(44-27)31-37-17-26-25(15-24(16-36)38-40(26)31)39-18-22-13-12-14-23(22)19-39/h15,17,22-23,27-30H,12-14,18-21H2,1-11H3/t22?,23?,27-,28-,29-,30-,50?/m1/s1. The summed E-state index contributed by atoms with van der Waals surface area (Å²) in [4.78, 5) is 7.14. The van der Waals surface area contributed by atoms with Crippen LogP contribution in [-0.2, 0) is 41.4 Å². The van der Waals surface area contributed by atoms with E-state index in [2.05, 4.69) is 16.1 Å². The number of ether oxygens (including phenoxy) is 3. The lowest BCUT2D eigenvalue weighted by atomic mass is 10.0. The number of aromatic nitrogens is 3. The van der Waals surface area contributed by atoms with E-state index >= 15 is 0 Å². The molecule has 14 nitrogen and oxygen atoms in total. The molecule has 5 heterocycles. The molecular formula is C35H55N5O9P2. The maximum Gasteiger partial charge on any atom is 0.343 e. The fraction of sp³-hybridized carbons (Fsp3) is 0.800. The van der Waals surface area contributed by atoms with Gasteiger partial charge in [-0.3, -0.25) is 9.13 Å². The monoisotopic (exact) mass is 751 g/mol. The molecule has 0 radical (unpaired) electrons. The summed E-state index contributed by atoms with van der Waals surface area (Å²) in [7, 11) is -8.22. The van der Waals surface area contributed by atoms with Crippen LogP contribution in [0.25, 0.3) is 5.52 Å². The van der Waals surface area contributed by atoms with Gasteiger partial charge >= 0.3 is 15.2 Å². The Morgan fingerprint density at radius 1 is 0.922 bits per heavy atom. The van der Waals surface area contributed by atoms with Crippen molar-refractivity contribution in [2.75, 3.05) is 30.5 Å². The molecule has 7 atom stereocenters. The number of hydrogen-bond donors (Lipinski definition) is 0. The van der Waals surface area contributed by atoms with Crippen LogP contribution in [0, 0.1) is 23.2 Å². The number of nitriles is 1. The number of anilines is 1. The van der Waals surface area contributed by atoms with E-state index < -0.39 is 68.1 Å². The Kier molecular flexibility index (Phi) is 10.2. The molecule has 0 aromatic carbocycles. The van der Waals surface area contributed by atoms with Gasteiger partial charge in [-0.05, 0) is 101 Å². The van der Waals surface area contributed by atoms with Crippen LogP contribution in [0.2, 0.25) is 0 Å². The van der Waals surface area contributed by atoms with Gasteiger partial charge in [-0.15, -0.1) is 0 Å². The summed E-state index contributed by atoms with van der Waals surface area (Å²) in [5.74, 6) is 0.200. The summed E-state index contributed by atoms with van der Waals surface area (Å²) in [5.41, 5.74) is -0.699. The van der Waals surface area contributed by atoms with E-state index in [-0.39, 0.29) is 12.3 Å². The van der Waals surface area contributed by atoms with Gasteiger partial charge in [-0.2, -0.15) is 10.4 Å². The maximum atomic E-state index is 14.6. The van der Waals surface area contributed by atoms with Crippen LogP contribution in [0.4, 0.5) is 5.69 Å². The zero-order chi connectivity index (χ0) is 37.4. The molecule has 16 heteroatoms. The van der Waals surface area contributed by atoms with E-state index in [0.717, 1.165) is 24.3 Å². The van der Waals surface area contributed by atoms with E-state index in [0.29, 0.717) is 17.7 Å². The second-order valence-corrected chi connectivity index (χ2v) is 22.1. The van der Waals surface area contributed by atoms with Gasteiger partial charge in [0.15, 0.2) is 23.2 Å². The van der Waals surface area contributed by atoms with Crippen molar-refractivity contribution >= 4 is 26.4 Å². The van der Waals surface area contributed by atoms with Crippen LogP contribution >= 0.6 is 15.2 Å². The first-order valence-corrected chi connectivity index (χ1v) is 21.4. The molecule has 6 rings (SSSR count). The highest BCUT2D eigenvalue weighted by molar-refractivity contribution is 7.71. The fourth-order valence-corrected chi connectivity index (χ4v) is 13.4. The van der Waals surface area contributed by atoms with Crippen molar-refractivity contribution in [1.29, 1.82) is 5.26 Å². The predicted octanol–water partition coefficient (Wildman–Crippen LogP) is 7.60. The van der Waals surface area contributed by atoms with Crippen molar-refractivity contribution in [1.82, 2.24) is 14.6 Å². The molecule has 2 aromatic heterocycles. The summed E-state index contributed by atoms with van der Waals surface area (Å²) in [6.07, 6.45) is 2.69. The summed E-state index contributed by atoms with van der Waals surface area (Å²) in [6.45, 7) is 21.0. The zero-order valence-electron chi connectivity index (χ0n) is 31.9. The molecule has 2 aromatic rings. The van der Waals surface area contributed by atoms with Crippen LogP contribution in [0.5, 0.6) is 0 Å². The number of fused-ring (bicyclic) bond motifs is 3. The van der Waals surface area contributed by atoms with Gasteiger partial charge in [0.2, 0.25) is 0 Å². The highest BCUT2D eigenvalue weighted by Gasteiger charge is 2.58. The lowest BCUT2D eigenvalue weighted by Crippen LogP contribution is -2.33. The molecule has 0 amide bonds. The molecule has 3 saturated heterocycles. The first-order chi connectivity index (χ1) is 23.4. The smallest absolute Gasteiger partial charge is 0.343 e. The summed E-state index contributed by atoms with van der Waals surface area (Å²) in [5, 5.41) is 14.6. The second kappa shape index (κ2) is 13.4. The third kappa shape index (κ3) is 8.91. The molecule has 0 bridgehead atoms. The van der Waals surface area contributed by atoms with Gasteiger partial charge < -0.3 is 37.2 Å². The van der Waals surface area contributed by atoms with Crippen LogP contribution < -0.4 is 4.90 Å². The van der Waals surface area contributed by atoms with Gasteiger partial charge in [0.1, 0.15) is 36.0 Å². The molecule has 4 fully saturated rings. The van der Waals surface area contributed by atoms with E-state index in [9.17, 15) is 14.4 Å². The number of imidazole rings is 1. The van der Waals surface area contributed by atoms with Gasteiger partial charge in [0, 0.05) is 19.2 Å². The van der Waals surface area contributed by atoms with Gasteiger partial charge in [-0.25, -0.2) is 9.50 Å². The molecule has 1 aliphatic carbocycles. The van der Waals surface area contributed by atoms with Crippen LogP contribution in [0.3, 0.4) is 0 Å². The number of nitrogens with zero attached hydrogens (tertiary/aromatic N) is 5. The Balaban J connectivity index is 1.29. The number of hydrogen-bond acceptors (Lipinski definition) is 13. The molecule has 4 aliphatic rings. The van der Waals surface area contributed by atoms with Crippen molar-refractivity contribution in [2.45, 2.75) is 142 Å². The lowest BCUT2D eigenvalue weighted by Gasteiger charge is -2.35. The fourth-order valence-electron chi connectivity index (χ4n) is 7.76. The molecule has 0 N–H and O–H groups in total. The Bertz CT molecular complexity index is 1720. The Morgan fingerprint density at radius 3 is 2.06 bits per heavy atom. The highest BCUT2D eigenvalue weighted by atomic mass is 31.2. The minimum Gasteiger partial charge on any atom is -0.369 e. The SMILES string of the molecule is CC(C)(C)OP(=O)(CP(=O)(OC(C)(C)C)OC(C)(C)C)OC[C@H]1O[C@@H](c2ncc3c(N4CC5CCCC5C4)cc(C#N)nn23)[C@@H]2OC(C)(C)O[C@@H]21. The third-order valence-corrected chi connectivity index (χ3v) is 14.9. The minimum absolute atomic E-state index is 0.239. The maximum absolute atomic E-state index is 14.6. The third-order valence-electron chi connectivity index (χ3n) is 9.11. The van der Waals surface area contributed by atoms with Crippen LogP contribution in [0.1, 0.15) is 113 Å². The zero-order valence-corrected chi connectivity index (χ0v) is 33.7. The largest absolute Gasteiger partial charge is 0.369 e. The quantitative estimate of drug-likeness (QED) is 0.219. The normalized spacial score (nSPS) is 29.3. The first kappa shape index (κ1) is 38.8. The van der Waals surface area contributed by atoms with E-state index in [1.807, 2.05) is 19.9 Å². The predicted molar refractivity (Wildman–Crippen MR) is 191 cm³/mol. The van der Waals surface area contributed by atoms with Crippen molar-refractivity contribution in [3.05, 3.63) is 23.8 Å². The molecule has 284 valence electrons. The van der Waals surface area contributed by atoms with E-state index in [4.69, 9.17) is 37.3 Å². The molecule has 3 aliphatic heterocycles. The first-order valence-electron chi connectivity index (χ1n) is 17.9. The average molecular weight is 752 g/mol. The summed E-state index contributed by atoms with van der Waals surface area (Å²) < 4.78 is 74.0. The van der Waals surface area contributed by atoms with Crippen molar-refractivity contribution in [3.63, 3.8) is 0 Å². The van der Waals surface area contributed by atoms with Crippen molar-refractivity contribution in [3.8, 4) is 6.07 Å². The van der Waals surface area contributed by atoms with Gasteiger partial charge in [0.25, 0.3) is 0 Å². The summed E-state index contributed by atoms with van der Waals surface area (Å²) >= 11 is 0. The molecular weight excluding hydrogens is 696 g/mol. The van der Waals surface area contributed by atoms with Crippen molar-refractivity contribution < 1.29 is 41.4 Å². The molecule has 3 unspecified atom stereocenters. The van der Waals surface area contributed by atoms with Crippen molar-refractivity contribution in [2.24, 2.45) is 11.8 Å².